The molecule has 1 amide bonds. The van der Waals surface area contributed by atoms with Crippen LogP contribution in [-0.2, 0) is 0 Å². The fourth-order valence-corrected chi connectivity index (χ4v) is 1.74. The number of benzene rings is 1. The van der Waals surface area contributed by atoms with Crippen LogP contribution in [0.15, 0.2) is 30.5 Å². The maximum atomic E-state index is 12.1. The molecule has 1 aromatic heterocycles. The van der Waals surface area contributed by atoms with Crippen LogP contribution < -0.4 is 0 Å². The largest absolute Gasteiger partial charge is 0.361 e. The molecule has 0 saturated heterocycles. The summed E-state index contributed by atoms with van der Waals surface area (Å²) >= 11 is 0. The first-order chi connectivity index (χ1) is 8.76. The fraction of sp³-hybridized carbons (Fsp3) is 0.154. The number of aromatic nitrogens is 1. The molecule has 0 saturated carbocycles. The van der Waals surface area contributed by atoms with E-state index in [0.29, 0.717) is 5.56 Å². The fourth-order valence-electron chi connectivity index (χ4n) is 1.74. The van der Waals surface area contributed by atoms with E-state index in [2.05, 4.69) is 4.98 Å². The number of nitriles is 2. The second-order valence-electron chi connectivity index (χ2n) is 3.76. The standard InChI is InChI=1S/C13H10N4O/c14-4-7-17(8-5-15)13(18)11-1-2-12-10(9-11)3-6-16-12/h1-3,6,9,16H,7-8H2. The molecule has 0 bridgehead atoms. The highest BCUT2D eigenvalue weighted by molar-refractivity contribution is 5.98. The maximum absolute atomic E-state index is 12.1. The van der Waals surface area contributed by atoms with Crippen LogP contribution in [0.25, 0.3) is 10.9 Å². The zero-order valence-corrected chi connectivity index (χ0v) is 9.55. The van der Waals surface area contributed by atoms with E-state index in [4.69, 9.17) is 10.5 Å². The van der Waals surface area contributed by atoms with Gasteiger partial charge in [0.1, 0.15) is 13.1 Å². The number of carbonyl (C=O) groups is 1. The van der Waals surface area contributed by atoms with Gasteiger partial charge in [-0.1, -0.05) is 0 Å². The van der Waals surface area contributed by atoms with Gasteiger partial charge in [-0.05, 0) is 24.3 Å². The van der Waals surface area contributed by atoms with Crippen molar-refractivity contribution < 1.29 is 4.79 Å². The Labute approximate surface area is 104 Å². The smallest absolute Gasteiger partial charge is 0.255 e. The molecule has 1 aromatic carbocycles. The van der Waals surface area contributed by atoms with Gasteiger partial charge < -0.3 is 9.88 Å². The first-order valence-electron chi connectivity index (χ1n) is 5.36. The number of carbonyl (C=O) groups excluding carboxylic acids is 1. The van der Waals surface area contributed by atoms with Crippen molar-refractivity contribution in [2.24, 2.45) is 0 Å². The van der Waals surface area contributed by atoms with Crippen LogP contribution in [0.3, 0.4) is 0 Å². The van der Waals surface area contributed by atoms with Crippen LogP contribution in [0.5, 0.6) is 0 Å². The minimum atomic E-state index is -0.304. The van der Waals surface area contributed by atoms with Gasteiger partial charge in [0, 0.05) is 22.7 Å². The van der Waals surface area contributed by atoms with E-state index in [0.717, 1.165) is 10.9 Å². The van der Waals surface area contributed by atoms with E-state index in [-0.39, 0.29) is 19.0 Å². The molecule has 5 heteroatoms. The van der Waals surface area contributed by atoms with Crippen molar-refractivity contribution >= 4 is 16.8 Å². The summed E-state index contributed by atoms with van der Waals surface area (Å²) in [5.41, 5.74) is 1.42. The van der Waals surface area contributed by atoms with Gasteiger partial charge in [-0.2, -0.15) is 10.5 Å². The van der Waals surface area contributed by atoms with E-state index in [1.807, 2.05) is 18.2 Å². The number of aromatic amines is 1. The van der Waals surface area contributed by atoms with Gasteiger partial charge in [-0.25, -0.2) is 0 Å². The molecule has 1 heterocycles. The molecule has 0 aliphatic heterocycles. The molecule has 2 aromatic rings. The van der Waals surface area contributed by atoms with Crippen LogP contribution in [0.1, 0.15) is 10.4 Å². The monoisotopic (exact) mass is 238 g/mol. The van der Waals surface area contributed by atoms with Gasteiger partial charge in [0.15, 0.2) is 0 Å². The normalized spacial score (nSPS) is 9.67. The number of hydrogen-bond acceptors (Lipinski definition) is 3. The maximum Gasteiger partial charge on any atom is 0.255 e. The Kier molecular flexibility index (Phi) is 3.26. The van der Waals surface area contributed by atoms with Crippen molar-refractivity contribution in [3.05, 3.63) is 36.0 Å². The zero-order valence-electron chi connectivity index (χ0n) is 9.55. The summed E-state index contributed by atoms with van der Waals surface area (Å²) in [5, 5.41) is 18.2. The highest BCUT2D eigenvalue weighted by Crippen LogP contribution is 2.15. The number of amides is 1. The van der Waals surface area contributed by atoms with Crippen molar-refractivity contribution in [1.82, 2.24) is 9.88 Å². The minimum Gasteiger partial charge on any atom is -0.361 e. The minimum absolute atomic E-state index is 0.0857. The second kappa shape index (κ2) is 5.03. The molecule has 2 rings (SSSR count). The second-order valence-corrected chi connectivity index (χ2v) is 3.76. The average molecular weight is 238 g/mol. The summed E-state index contributed by atoms with van der Waals surface area (Å²) in [5.74, 6) is -0.304. The van der Waals surface area contributed by atoms with E-state index in [1.165, 1.54) is 4.90 Å². The zero-order chi connectivity index (χ0) is 13.0. The molecule has 0 fully saturated rings. The Morgan fingerprint density at radius 1 is 1.22 bits per heavy atom. The van der Waals surface area contributed by atoms with Gasteiger partial charge in [0.05, 0.1) is 12.1 Å². The molecular weight excluding hydrogens is 228 g/mol. The van der Waals surface area contributed by atoms with Gasteiger partial charge >= 0.3 is 0 Å². The Bertz CT molecular complexity index is 643. The van der Waals surface area contributed by atoms with E-state index in [9.17, 15) is 4.79 Å². The first-order valence-corrected chi connectivity index (χ1v) is 5.36. The Morgan fingerprint density at radius 3 is 2.61 bits per heavy atom. The van der Waals surface area contributed by atoms with Crippen LogP contribution >= 0.6 is 0 Å². The third-order valence-electron chi connectivity index (χ3n) is 2.61. The number of hydrogen-bond donors (Lipinski definition) is 1. The summed E-state index contributed by atoms with van der Waals surface area (Å²) in [6.07, 6.45) is 1.79. The molecule has 88 valence electrons. The molecule has 18 heavy (non-hydrogen) atoms. The lowest BCUT2D eigenvalue weighted by Crippen LogP contribution is -2.31. The van der Waals surface area contributed by atoms with Crippen molar-refractivity contribution in [3.63, 3.8) is 0 Å². The lowest BCUT2D eigenvalue weighted by molar-refractivity contribution is 0.0795. The van der Waals surface area contributed by atoms with E-state index < -0.39 is 0 Å². The molecule has 0 radical (unpaired) electrons. The average Bonchev–Trinajstić information content (AvgIpc) is 2.84. The summed E-state index contributed by atoms with van der Waals surface area (Å²) in [6, 6.07) is 10.9. The number of fused-ring (bicyclic) bond motifs is 1. The van der Waals surface area contributed by atoms with E-state index in [1.54, 1.807) is 24.4 Å². The highest BCUT2D eigenvalue weighted by atomic mass is 16.2. The van der Waals surface area contributed by atoms with Gasteiger partial charge in [-0.3, -0.25) is 4.79 Å². The van der Waals surface area contributed by atoms with E-state index >= 15 is 0 Å². The third-order valence-corrected chi connectivity index (χ3v) is 2.61. The van der Waals surface area contributed by atoms with Gasteiger partial charge in [-0.15, -0.1) is 0 Å². The molecule has 0 atom stereocenters. The van der Waals surface area contributed by atoms with Crippen LogP contribution in [0.2, 0.25) is 0 Å². The number of nitrogens with zero attached hydrogens (tertiary/aromatic N) is 3. The Balaban J connectivity index is 2.31. The molecular formula is C13H10N4O. The summed E-state index contributed by atoms with van der Waals surface area (Å²) in [6.45, 7) is -0.171. The Morgan fingerprint density at radius 2 is 1.94 bits per heavy atom. The van der Waals surface area contributed by atoms with Gasteiger partial charge in [0.25, 0.3) is 5.91 Å². The van der Waals surface area contributed by atoms with Gasteiger partial charge in [0.2, 0.25) is 0 Å². The predicted octanol–water partition coefficient (Wildman–Crippen LogP) is 1.66. The number of nitrogens with one attached hydrogen (secondary N) is 1. The first kappa shape index (κ1) is 11.7. The van der Waals surface area contributed by atoms with Crippen LogP contribution in [0.4, 0.5) is 0 Å². The predicted molar refractivity (Wildman–Crippen MR) is 65.4 cm³/mol. The topological polar surface area (TPSA) is 83.7 Å². The van der Waals surface area contributed by atoms with Crippen LogP contribution in [0, 0.1) is 22.7 Å². The molecule has 0 aliphatic rings. The van der Waals surface area contributed by atoms with Crippen molar-refractivity contribution in [2.45, 2.75) is 0 Å². The number of H-pyrrole nitrogens is 1. The molecule has 0 aliphatic carbocycles. The number of rotatable bonds is 3. The summed E-state index contributed by atoms with van der Waals surface area (Å²) in [7, 11) is 0. The Hall–Kier alpha value is -2.79. The molecule has 0 unspecified atom stereocenters. The van der Waals surface area contributed by atoms with Crippen LogP contribution in [-0.4, -0.2) is 28.9 Å². The molecule has 5 nitrogen and oxygen atoms in total. The lowest BCUT2D eigenvalue weighted by atomic mass is 10.1. The third kappa shape index (κ3) is 2.16. The highest BCUT2D eigenvalue weighted by Gasteiger charge is 2.15. The van der Waals surface area contributed by atoms with Crippen molar-refractivity contribution in [2.75, 3.05) is 13.1 Å². The molecule has 0 spiro atoms. The summed E-state index contributed by atoms with van der Waals surface area (Å²) < 4.78 is 0. The summed E-state index contributed by atoms with van der Waals surface area (Å²) in [4.78, 5) is 16.4. The van der Waals surface area contributed by atoms with Crippen molar-refractivity contribution in [3.8, 4) is 12.1 Å². The SMILES string of the molecule is N#CCN(CC#N)C(=O)c1ccc2[nH]ccc2c1. The molecule has 1 N–H and O–H groups in total. The quantitative estimate of drug-likeness (QED) is 0.825. The van der Waals surface area contributed by atoms with Crippen molar-refractivity contribution in [1.29, 1.82) is 10.5 Å². The lowest BCUT2D eigenvalue weighted by Gasteiger charge is -2.15.